The lowest BCUT2D eigenvalue weighted by Crippen LogP contribution is -2.60. The summed E-state index contributed by atoms with van der Waals surface area (Å²) < 4.78 is 59.1. The smallest absolute Gasteiger partial charge is 0.319 e. The average Bonchev–Trinajstić information content (AvgIpc) is 3.64. The Morgan fingerprint density at radius 3 is 2.93 bits per heavy atom. The molecular formula is C32H31F3N6O3. The van der Waals surface area contributed by atoms with E-state index in [-0.39, 0.29) is 71.1 Å². The van der Waals surface area contributed by atoms with E-state index in [1.54, 1.807) is 6.07 Å². The number of aromatic nitrogens is 3. The van der Waals surface area contributed by atoms with Crippen molar-refractivity contribution in [3.05, 3.63) is 42.0 Å². The molecule has 7 heterocycles. The van der Waals surface area contributed by atoms with E-state index in [4.69, 9.17) is 14.5 Å². The van der Waals surface area contributed by atoms with E-state index in [1.165, 1.54) is 24.3 Å². The Kier molecular flexibility index (Phi) is 5.75. The zero-order valence-electron chi connectivity index (χ0n) is 23.9. The summed E-state index contributed by atoms with van der Waals surface area (Å²) in [6.45, 7) is 2.34. The second-order valence-corrected chi connectivity index (χ2v) is 12.9. The number of benzene rings is 2. The van der Waals surface area contributed by atoms with E-state index < -0.39 is 23.3 Å². The Bertz CT molecular complexity index is 1840. The van der Waals surface area contributed by atoms with Gasteiger partial charge in [0.2, 0.25) is 5.88 Å². The number of halogens is 3. The van der Waals surface area contributed by atoms with E-state index >= 15 is 8.78 Å². The number of hydrogen-bond acceptors (Lipinski definition) is 9. The molecule has 0 aliphatic carbocycles. The molecule has 9 nitrogen and oxygen atoms in total. The van der Waals surface area contributed by atoms with Crippen LogP contribution in [0.1, 0.15) is 32.1 Å². The average molecular weight is 605 g/mol. The number of pyridine rings is 1. The Hall–Kier alpha value is -3.90. The lowest BCUT2D eigenvalue weighted by molar-refractivity contribution is 0.107. The molecule has 0 radical (unpaired) electrons. The van der Waals surface area contributed by atoms with Crippen LogP contribution < -0.4 is 19.7 Å². The van der Waals surface area contributed by atoms with Crippen LogP contribution in [0.4, 0.5) is 19.0 Å². The number of rotatable bonds is 4. The van der Waals surface area contributed by atoms with E-state index in [0.717, 1.165) is 32.2 Å². The predicted molar refractivity (Wildman–Crippen MR) is 157 cm³/mol. The van der Waals surface area contributed by atoms with Crippen molar-refractivity contribution in [2.24, 2.45) is 0 Å². The third kappa shape index (κ3) is 3.89. The van der Waals surface area contributed by atoms with Gasteiger partial charge >= 0.3 is 6.01 Å². The summed E-state index contributed by atoms with van der Waals surface area (Å²) in [5.41, 5.74) is -0.593. The highest BCUT2D eigenvalue weighted by Crippen LogP contribution is 2.45. The molecule has 2 aromatic heterocycles. The third-order valence-electron chi connectivity index (χ3n) is 10.3. The molecule has 228 valence electrons. The second kappa shape index (κ2) is 9.55. The topological polar surface area (TPSA) is 95.9 Å². The lowest BCUT2D eigenvalue weighted by atomic mass is 9.95. The van der Waals surface area contributed by atoms with Gasteiger partial charge in [-0.3, -0.25) is 4.90 Å². The third-order valence-corrected chi connectivity index (χ3v) is 10.3. The van der Waals surface area contributed by atoms with Gasteiger partial charge in [-0.1, -0.05) is 12.1 Å². The van der Waals surface area contributed by atoms with Gasteiger partial charge in [0.25, 0.3) is 0 Å². The molecular weight excluding hydrogens is 573 g/mol. The molecule has 9 rings (SSSR count). The van der Waals surface area contributed by atoms with Gasteiger partial charge < -0.3 is 24.8 Å². The number of ether oxygens (including phenoxy) is 2. The molecule has 4 fully saturated rings. The minimum absolute atomic E-state index is 0.00323. The number of hydrogen-bond donors (Lipinski definition) is 2. The molecule has 44 heavy (non-hydrogen) atoms. The minimum atomic E-state index is -0.915. The van der Waals surface area contributed by atoms with Crippen LogP contribution in [-0.4, -0.2) is 87.6 Å². The first-order valence-corrected chi connectivity index (χ1v) is 15.4. The Labute approximate surface area is 251 Å². The van der Waals surface area contributed by atoms with Gasteiger partial charge in [-0.05, 0) is 55.8 Å². The summed E-state index contributed by atoms with van der Waals surface area (Å²) in [4.78, 5) is 18.3. The number of fused-ring (bicyclic) bond motifs is 7. The molecule has 4 saturated heterocycles. The second-order valence-electron chi connectivity index (χ2n) is 12.9. The summed E-state index contributed by atoms with van der Waals surface area (Å²) >= 11 is 0. The van der Waals surface area contributed by atoms with Crippen LogP contribution in [0, 0.1) is 11.6 Å². The number of nitrogens with one attached hydrogen (secondary N) is 1. The zero-order chi connectivity index (χ0) is 29.7. The van der Waals surface area contributed by atoms with Crippen molar-refractivity contribution < 1.29 is 27.8 Å². The van der Waals surface area contributed by atoms with Crippen molar-refractivity contribution in [2.45, 2.75) is 61.9 Å². The fourth-order valence-electron chi connectivity index (χ4n) is 8.36. The molecule has 2 bridgehead atoms. The van der Waals surface area contributed by atoms with Crippen LogP contribution in [0.2, 0.25) is 0 Å². The maximum Gasteiger partial charge on any atom is 0.319 e. The van der Waals surface area contributed by atoms with Crippen molar-refractivity contribution >= 4 is 27.5 Å². The number of aromatic hydroxyl groups is 1. The molecule has 2 aromatic carbocycles. The van der Waals surface area contributed by atoms with Crippen LogP contribution in [0.5, 0.6) is 17.6 Å². The highest BCUT2D eigenvalue weighted by atomic mass is 19.1. The minimum Gasteiger partial charge on any atom is -0.508 e. The summed E-state index contributed by atoms with van der Waals surface area (Å²) in [5.74, 6) is -0.881. The molecule has 0 spiro atoms. The highest BCUT2D eigenvalue weighted by molar-refractivity contribution is 6.02. The summed E-state index contributed by atoms with van der Waals surface area (Å²) in [6, 6.07) is 7.54. The summed E-state index contributed by atoms with van der Waals surface area (Å²) in [5, 5.41) is 15.0. The first-order valence-electron chi connectivity index (χ1n) is 15.4. The quantitative estimate of drug-likeness (QED) is 0.350. The fraction of sp³-hybridized carbons (Fsp3) is 0.469. The van der Waals surface area contributed by atoms with Gasteiger partial charge in [0.1, 0.15) is 53.4 Å². The number of piperazine rings is 1. The summed E-state index contributed by atoms with van der Waals surface area (Å²) in [7, 11) is 0. The molecule has 0 unspecified atom stereocenters. The first kappa shape index (κ1) is 26.5. The van der Waals surface area contributed by atoms with E-state index in [0.29, 0.717) is 36.1 Å². The van der Waals surface area contributed by atoms with Gasteiger partial charge in [-0.15, -0.1) is 0 Å². The fourth-order valence-corrected chi connectivity index (χ4v) is 8.36. The van der Waals surface area contributed by atoms with Crippen LogP contribution in [-0.2, 0) is 0 Å². The van der Waals surface area contributed by atoms with E-state index in [2.05, 4.69) is 25.1 Å². The van der Waals surface area contributed by atoms with Crippen molar-refractivity contribution in [3.8, 4) is 28.9 Å². The van der Waals surface area contributed by atoms with Crippen molar-refractivity contribution in [2.75, 3.05) is 37.7 Å². The number of nitrogens with zero attached hydrogens (tertiary/aromatic N) is 5. The molecule has 5 aliphatic rings. The zero-order valence-corrected chi connectivity index (χ0v) is 23.9. The highest BCUT2D eigenvalue weighted by Gasteiger charge is 2.50. The molecule has 5 atom stereocenters. The molecule has 5 aliphatic heterocycles. The van der Waals surface area contributed by atoms with Crippen LogP contribution >= 0.6 is 0 Å². The molecule has 2 N–H and O–H groups in total. The van der Waals surface area contributed by atoms with Crippen molar-refractivity contribution in [1.82, 2.24) is 25.2 Å². The number of phenols is 1. The normalized spacial score (nSPS) is 29.1. The van der Waals surface area contributed by atoms with Gasteiger partial charge in [0, 0.05) is 42.5 Å². The van der Waals surface area contributed by atoms with Crippen molar-refractivity contribution in [1.29, 1.82) is 0 Å². The van der Waals surface area contributed by atoms with E-state index in [9.17, 15) is 9.50 Å². The maximum absolute atomic E-state index is 16.8. The predicted octanol–water partition coefficient (Wildman–Crippen LogP) is 4.49. The van der Waals surface area contributed by atoms with Crippen LogP contribution in [0.25, 0.3) is 32.9 Å². The molecule has 4 aromatic rings. The molecule has 0 amide bonds. The SMILES string of the molecule is Oc1cc(-c2nc3c4c(nc(OC[C@@]56CCCN5C[C@H](F)C6)nc4c2F)N2C[C@H]4CC[C@H](N4)[C@H]2CO3)c2c(F)cccc2c1. The first-order chi connectivity index (χ1) is 21.4. The Morgan fingerprint density at radius 2 is 2.02 bits per heavy atom. The van der Waals surface area contributed by atoms with Gasteiger partial charge in [-0.25, -0.2) is 18.2 Å². The monoisotopic (exact) mass is 604 g/mol. The van der Waals surface area contributed by atoms with Crippen LogP contribution in [0.15, 0.2) is 30.3 Å². The summed E-state index contributed by atoms with van der Waals surface area (Å²) in [6.07, 6.45) is 3.24. The number of phenolic OH excluding ortho intramolecular Hbond substituents is 1. The largest absolute Gasteiger partial charge is 0.508 e. The van der Waals surface area contributed by atoms with Crippen LogP contribution in [0.3, 0.4) is 0 Å². The maximum atomic E-state index is 16.8. The van der Waals surface area contributed by atoms with Crippen molar-refractivity contribution in [3.63, 3.8) is 0 Å². The Morgan fingerprint density at radius 1 is 1.11 bits per heavy atom. The lowest BCUT2D eigenvalue weighted by Gasteiger charge is -2.40. The number of anilines is 1. The van der Waals surface area contributed by atoms with Gasteiger partial charge in [0.15, 0.2) is 5.82 Å². The Balaban J connectivity index is 1.23. The molecule has 0 saturated carbocycles. The standard InChI is InChI=1S/C32H31F3N6O3/c33-17-11-32(7-2-8-40(32)12-17)15-44-31-38-28-25-29(39-31)41-13-18-5-6-22(36-18)23(41)14-43-30(25)37-27(26(28)35)20-10-19(42)9-16-3-1-4-21(34)24(16)20/h1,3-4,9-10,17-18,22-23,36,42H,2,5-8,11-15H2/t17-,18-,22+,23-,32+/m1/s1. The van der Waals surface area contributed by atoms with Gasteiger partial charge in [-0.2, -0.15) is 9.97 Å². The molecule has 12 heteroatoms. The van der Waals surface area contributed by atoms with Gasteiger partial charge in [0.05, 0.1) is 11.6 Å². The van der Waals surface area contributed by atoms with E-state index in [1.807, 2.05) is 0 Å². The number of alkyl halides is 1.